The van der Waals surface area contributed by atoms with Crippen molar-refractivity contribution >= 4 is 18.7 Å². The van der Waals surface area contributed by atoms with Crippen LogP contribution in [0.2, 0.25) is 0 Å². The number of benzene rings is 2. The molecular weight excluding hydrogens is 450 g/mol. The minimum Gasteiger partial charge on any atom is -0.790 e. The van der Waals surface area contributed by atoms with E-state index in [2.05, 4.69) is 4.52 Å². The first-order valence-corrected chi connectivity index (χ1v) is 10.0. The Labute approximate surface area is 222 Å². The number of methoxy groups -OCH3 is 1. The number of ether oxygens (including phenoxy) is 2. The molecule has 0 atom stereocenters. The second kappa shape index (κ2) is 12.0. The molecule has 3 rings (SSSR count). The number of hydrogen-bond donors (Lipinski definition) is 0. The third-order valence-corrected chi connectivity index (χ3v) is 4.62. The fraction of sp³-hybridized carbons (Fsp3) is 0.211. The van der Waals surface area contributed by atoms with E-state index in [9.17, 15) is 23.5 Å². The van der Waals surface area contributed by atoms with E-state index in [0.717, 1.165) is 10.6 Å². The SMILES string of the molecule is CCOc1ccc(F)c2c(=O)c(-c3ccc(OC)cc3)cn(COP(=O)([O-])[O-])c12.[Na+].[Na+]. The second-order valence-electron chi connectivity index (χ2n) is 5.98. The Morgan fingerprint density at radius 2 is 1.74 bits per heavy atom. The summed E-state index contributed by atoms with van der Waals surface area (Å²) in [6.45, 7) is 1.18. The number of phosphoric ester groups is 1. The molecule has 31 heavy (non-hydrogen) atoms. The minimum absolute atomic E-state index is 0. The molecule has 0 aliphatic carbocycles. The van der Waals surface area contributed by atoms with Crippen molar-refractivity contribution in [3.8, 4) is 22.6 Å². The van der Waals surface area contributed by atoms with Crippen LogP contribution in [0.1, 0.15) is 6.92 Å². The maximum atomic E-state index is 14.6. The maximum absolute atomic E-state index is 14.6. The van der Waals surface area contributed by atoms with Gasteiger partial charge in [0.25, 0.3) is 0 Å². The van der Waals surface area contributed by atoms with E-state index < -0.39 is 25.8 Å². The standard InChI is InChI=1S/C19H19FNO7P.2Na/c1-3-27-16-9-8-15(20)17-18(16)21(11-28-29(23,24)25)10-14(19(17)22)12-4-6-13(26-2)7-5-12;;/h4-10H,3,11H2,1-2H3,(H2,23,24,25);;/q;2*+1/p-2. The minimum atomic E-state index is -5.31. The third-order valence-electron chi connectivity index (χ3n) is 4.19. The summed E-state index contributed by atoms with van der Waals surface area (Å²) in [5.41, 5.74) is -0.0986. The van der Waals surface area contributed by atoms with Crippen LogP contribution in [0.5, 0.6) is 11.5 Å². The molecule has 2 aromatic carbocycles. The van der Waals surface area contributed by atoms with Gasteiger partial charge in [0, 0.05) is 11.8 Å². The molecule has 1 heterocycles. The predicted octanol–water partition coefficient (Wildman–Crippen LogP) is -3.97. The smallest absolute Gasteiger partial charge is 0.790 e. The molecule has 0 fully saturated rings. The van der Waals surface area contributed by atoms with Crippen molar-refractivity contribution in [3.63, 3.8) is 0 Å². The quantitative estimate of drug-likeness (QED) is 0.257. The summed E-state index contributed by atoms with van der Waals surface area (Å²) in [5.74, 6) is -0.107. The van der Waals surface area contributed by atoms with E-state index in [1.54, 1.807) is 31.2 Å². The molecule has 0 amide bonds. The first-order chi connectivity index (χ1) is 13.7. The fourth-order valence-electron chi connectivity index (χ4n) is 2.95. The normalized spacial score (nSPS) is 10.9. The number of aromatic nitrogens is 1. The Kier molecular flexibility index (Phi) is 10.9. The number of fused-ring (bicyclic) bond motifs is 1. The molecule has 1 aromatic heterocycles. The van der Waals surface area contributed by atoms with Crippen LogP contribution in [-0.4, -0.2) is 18.3 Å². The average molecular weight is 467 g/mol. The summed E-state index contributed by atoms with van der Waals surface area (Å²) >= 11 is 0. The number of hydrogen-bond acceptors (Lipinski definition) is 7. The first kappa shape index (κ1) is 28.3. The number of pyridine rings is 1. The maximum Gasteiger partial charge on any atom is 1.00 e. The molecule has 0 bridgehead atoms. The Bertz CT molecular complexity index is 1150. The van der Waals surface area contributed by atoms with Gasteiger partial charge in [-0.3, -0.25) is 4.79 Å². The molecule has 3 aromatic rings. The molecule has 0 radical (unpaired) electrons. The van der Waals surface area contributed by atoms with Crippen molar-refractivity contribution in [1.82, 2.24) is 4.57 Å². The molecule has 0 saturated carbocycles. The second-order valence-corrected chi connectivity index (χ2v) is 7.13. The van der Waals surface area contributed by atoms with Gasteiger partial charge in [-0.25, -0.2) is 4.39 Å². The van der Waals surface area contributed by atoms with Crippen LogP contribution in [0.15, 0.2) is 47.4 Å². The number of halogens is 1. The molecule has 154 valence electrons. The molecule has 0 spiro atoms. The van der Waals surface area contributed by atoms with Crippen molar-refractivity contribution < 1.29 is 91.9 Å². The van der Waals surface area contributed by atoms with Crippen LogP contribution < -0.4 is 83.8 Å². The number of rotatable bonds is 7. The van der Waals surface area contributed by atoms with Crippen LogP contribution in [0.4, 0.5) is 4.39 Å². The molecule has 0 N–H and O–H groups in total. The van der Waals surface area contributed by atoms with E-state index in [1.807, 2.05) is 0 Å². The van der Waals surface area contributed by atoms with E-state index in [0.29, 0.717) is 11.3 Å². The van der Waals surface area contributed by atoms with E-state index in [4.69, 9.17) is 9.47 Å². The molecule has 0 saturated heterocycles. The summed E-state index contributed by atoms with van der Waals surface area (Å²) in [5, 5.41) is -0.306. The zero-order valence-electron chi connectivity index (χ0n) is 17.6. The van der Waals surface area contributed by atoms with Crippen LogP contribution in [0.3, 0.4) is 0 Å². The van der Waals surface area contributed by atoms with E-state index in [-0.39, 0.29) is 87.9 Å². The van der Waals surface area contributed by atoms with Gasteiger partial charge < -0.3 is 32.9 Å². The van der Waals surface area contributed by atoms with Crippen molar-refractivity contribution in [2.24, 2.45) is 0 Å². The summed E-state index contributed by atoms with van der Waals surface area (Å²) in [6, 6.07) is 8.85. The monoisotopic (exact) mass is 467 g/mol. The molecule has 0 aliphatic rings. The van der Waals surface area contributed by atoms with E-state index >= 15 is 0 Å². The summed E-state index contributed by atoms with van der Waals surface area (Å²) in [7, 11) is -3.82. The molecule has 12 heteroatoms. The van der Waals surface area contributed by atoms with Crippen molar-refractivity contribution in [2.75, 3.05) is 13.7 Å². The van der Waals surface area contributed by atoms with Crippen LogP contribution in [0, 0.1) is 5.82 Å². The Morgan fingerprint density at radius 1 is 1.10 bits per heavy atom. The Balaban J connectivity index is 0.00000240. The van der Waals surface area contributed by atoms with Gasteiger partial charge >= 0.3 is 59.1 Å². The molecule has 0 unspecified atom stereocenters. The van der Waals surface area contributed by atoms with Crippen molar-refractivity contribution in [3.05, 3.63) is 58.6 Å². The van der Waals surface area contributed by atoms with Gasteiger partial charge in [0.1, 0.15) is 24.0 Å². The largest absolute Gasteiger partial charge is 1.00 e. The third kappa shape index (κ3) is 6.65. The zero-order valence-corrected chi connectivity index (χ0v) is 22.5. The Hall–Kier alpha value is -0.710. The summed E-state index contributed by atoms with van der Waals surface area (Å²) < 4.78 is 41.7. The van der Waals surface area contributed by atoms with Gasteiger partial charge in [-0.2, -0.15) is 0 Å². The van der Waals surface area contributed by atoms with Crippen molar-refractivity contribution in [2.45, 2.75) is 13.7 Å². The first-order valence-electron chi connectivity index (χ1n) is 8.54. The van der Waals surface area contributed by atoms with Crippen LogP contribution in [0.25, 0.3) is 22.0 Å². The number of phosphoric acid groups is 1. The predicted molar refractivity (Wildman–Crippen MR) is 100 cm³/mol. The molecular formula is C19H17FNNa2O7P. The average Bonchev–Trinajstić information content (AvgIpc) is 2.69. The number of nitrogens with zero attached hydrogens (tertiary/aromatic N) is 1. The van der Waals surface area contributed by atoms with E-state index in [1.165, 1.54) is 19.4 Å². The van der Waals surface area contributed by atoms with Gasteiger partial charge in [-0.1, -0.05) is 12.1 Å². The van der Waals surface area contributed by atoms with Crippen LogP contribution in [-0.2, 0) is 15.8 Å². The van der Waals surface area contributed by atoms with Gasteiger partial charge in [-0.05, 0) is 36.8 Å². The zero-order chi connectivity index (χ0) is 21.2. The summed E-state index contributed by atoms with van der Waals surface area (Å²) in [6.07, 6.45) is 1.30. The van der Waals surface area contributed by atoms with Gasteiger partial charge in [0.15, 0.2) is 5.43 Å². The van der Waals surface area contributed by atoms with Gasteiger partial charge in [-0.15, -0.1) is 0 Å². The van der Waals surface area contributed by atoms with Gasteiger partial charge in [0.2, 0.25) is 0 Å². The topological polar surface area (TPSA) is 113 Å². The van der Waals surface area contributed by atoms with Gasteiger partial charge in [0.05, 0.1) is 32.4 Å². The van der Waals surface area contributed by atoms with Crippen molar-refractivity contribution in [1.29, 1.82) is 0 Å². The van der Waals surface area contributed by atoms with Crippen LogP contribution >= 0.6 is 7.82 Å². The Morgan fingerprint density at radius 3 is 2.29 bits per heavy atom. The fourth-order valence-corrected chi connectivity index (χ4v) is 3.21. The molecule has 0 aliphatic heterocycles. The summed E-state index contributed by atoms with van der Waals surface area (Å²) in [4.78, 5) is 35.0. The molecule has 8 nitrogen and oxygen atoms in total.